The Morgan fingerprint density at radius 3 is 2.71 bits per heavy atom. The molecule has 1 N–H and O–H groups in total. The van der Waals surface area contributed by atoms with Crippen LogP contribution in [0.4, 0.5) is 0 Å². The molecular weight excluding hydrogens is 264 g/mol. The number of likely N-dealkylation sites (tertiary alicyclic amines) is 2. The Kier molecular flexibility index (Phi) is 4.55. The zero-order valence-electron chi connectivity index (χ0n) is 13.4. The topological polar surface area (TPSA) is 43.8 Å². The number of β-amino-alcohol motifs (C(OH)–C–C–N with tert-alkyl or cyclic N) is 1. The molecule has 2 heterocycles. The Morgan fingerprint density at radius 2 is 1.90 bits per heavy atom. The summed E-state index contributed by atoms with van der Waals surface area (Å²) in [6, 6.07) is 0.505. The molecule has 4 nitrogen and oxygen atoms in total. The van der Waals surface area contributed by atoms with Crippen molar-refractivity contribution < 1.29 is 9.90 Å². The van der Waals surface area contributed by atoms with E-state index in [0.29, 0.717) is 25.0 Å². The van der Waals surface area contributed by atoms with Crippen molar-refractivity contribution in [1.82, 2.24) is 9.80 Å². The van der Waals surface area contributed by atoms with E-state index in [-0.39, 0.29) is 0 Å². The van der Waals surface area contributed by atoms with Gasteiger partial charge in [0.2, 0.25) is 5.91 Å². The van der Waals surface area contributed by atoms with Crippen molar-refractivity contribution in [2.45, 2.75) is 69.9 Å². The molecule has 2 aliphatic heterocycles. The first kappa shape index (κ1) is 15.3. The highest BCUT2D eigenvalue weighted by molar-refractivity contribution is 5.78. The van der Waals surface area contributed by atoms with Crippen LogP contribution in [0.3, 0.4) is 0 Å². The number of carbonyl (C=O) groups is 1. The van der Waals surface area contributed by atoms with Gasteiger partial charge in [-0.25, -0.2) is 0 Å². The Labute approximate surface area is 128 Å². The predicted octanol–water partition coefficient (Wildman–Crippen LogP) is 2.01. The van der Waals surface area contributed by atoms with Gasteiger partial charge in [-0.2, -0.15) is 0 Å². The maximum Gasteiger partial charge on any atom is 0.237 e. The van der Waals surface area contributed by atoms with Crippen LogP contribution >= 0.6 is 0 Å². The van der Waals surface area contributed by atoms with Gasteiger partial charge in [-0.3, -0.25) is 9.69 Å². The van der Waals surface area contributed by atoms with Gasteiger partial charge in [0.25, 0.3) is 0 Å². The maximum atomic E-state index is 12.7. The van der Waals surface area contributed by atoms with Crippen molar-refractivity contribution >= 4 is 5.91 Å². The van der Waals surface area contributed by atoms with Crippen LogP contribution in [0.25, 0.3) is 0 Å². The van der Waals surface area contributed by atoms with Crippen LogP contribution in [0.15, 0.2) is 0 Å². The Balaban J connectivity index is 1.59. The molecule has 1 saturated carbocycles. The van der Waals surface area contributed by atoms with Crippen LogP contribution in [0.2, 0.25) is 0 Å². The van der Waals surface area contributed by atoms with Crippen LogP contribution < -0.4 is 0 Å². The first-order valence-corrected chi connectivity index (χ1v) is 8.79. The molecule has 3 atom stereocenters. The molecule has 3 unspecified atom stereocenters. The van der Waals surface area contributed by atoms with Crippen LogP contribution in [0, 0.1) is 5.92 Å². The number of amides is 1. The fourth-order valence-electron chi connectivity index (χ4n) is 4.67. The zero-order valence-corrected chi connectivity index (χ0v) is 13.4. The van der Waals surface area contributed by atoms with Crippen LogP contribution in [0.1, 0.15) is 58.3 Å². The summed E-state index contributed by atoms with van der Waals surface area (Å²) in [5, 5.41) is 10.2. The summed E-state index contributed by atoms with van der Waals surface area (Å²) < 4.78 is 0. The molecule has 0 bridgehead atoms. The molecule has 4 heteroatoms. The van der Waals surface area contributed by atoms with Crippen molar-refractivity contribution in [1.29, 1.82) is 0 Å². The molecule has 3 rings (SSSR count). The lowest BCUT2D eigenvalue weighted by atomic mass is 9.78. The average Bonchev–Trinajstić information content (AvgIpc) is 2.45. The Hall–Kier alpha value is -0.610. The lowest BCUT2D eigenvalue weighted by Gasteiger charge is -2.45. The first-order valence-electron chi connectivity index (χ1n) is 8.79. The minimum Gasteiger partial charge on any atom is -0.389 e. The molecule has 0 radical (unpaired) electrons. The van der Waals surface area contributed by atoms with E-state index in [2.05, 4.69) is 9.80 Å². The van der Waals surface area contributed by atoms with Crippen molar-refractivity contribution in [3.8, 4) is 0 Å². The number of nitrogens with zero attached hydrogens (tertiary/aromatic N) is 2. The Morgan fingerprint density at radius 1 is 1.14 bits per heavy atom. The van der Waals surface area contributed by atoms with Crippen molar-refractivity contribution in [2.75, 3.05) is 26.2 Å². The standard InChI is InChI=1S/C17H30N2O2/c1-17(21)9-5-10-18(13-17)12-16(20)19-11-4-7-14-6-2-3-8-15(14)19/h14-15,21H,2-13H2,1H3. The minimum absolute atomic E-state index is 0.296. The summed E-state index contributed by atoms with van der Waals surface area (Å²) in [5.74, 6) is 1.05. The van der Waals surface area contributed by atoms with Crippen LogP contribution in [0.5, 0.6) is 0 Å². The van der Waals surface area contributed by atoms with Crippen molar-refractivity contribution in [2.24, 2.45) is 5.92 Å². The van der Waals surface area contributed by atoms with Gasteiger partial charge >= 0.3 is 0 Å². The maximum absolute atomic E-state index is 12.7. The summed E-state index contributed by atoms with van der Waals surface area (Å²) in [5.41, 5.74) is -0.617. The van der Waals surface area contributed by atoms with E-state index in [4.69, 9.17) is 0 Å². The molecule has 0 spiro atoms. The highest BCUT2D eigenvalue weighted by atomic mass is 16.3. The highest BCUT2D eigenvalue weighted by Crippen LogP contribution is 2.35. The van der Waals surface area contributed by atoms with Gasteiger partial charge in [0.1, 0.15) is 0 Å². The fourth-order valence-corrected chi connectivity index (χ4v) is 4.67. The second-order valence-corrected chi connectivity index (χ2v) is 7.65. The number of aliphatic hydroxyl groups is 1. The number of carbonyl (C=O) groups excluding carboxylic acids is 1. The molecule has 3 fully saturated rings. The molecule has 0 aromatic rings. The van der Waals surface area contributed by atoms with E-state index in [1.54, 1.807) is 0 Å². The predicted molar refractivity (Wildman–Crippen MR) is 83.0 cm³/mol. The largest absolute Gasteiger partial charge is 0.389 e. The minimum atomic E-state index is -0.617. The third-order valence-corrected chi connectivity index (χ3v) is 5.68. The van der Waals surface area contributed by atoms with E-state index in [0.717, 1.165) is 31.8 Å². The van der Waals surface area contributed by atoms with Gasteiger partial charge in [0, 0.05) is 19.1 Å². The van der Waals surface area contributed by atoms with Crippen molar-refractivity contribution in [3.63, 3.8) is 0 Å². The second kappa shape index (κ2) is 6.25. The molecule has 0 aromatic carbocycles. The summed E-state index contributed by atoms with van der Waals surface area (Å²) in [4.78, 5) is 17.1. The van der Waals surface area contributed by atoms with Gasteiger partial charge in [0.05, 0.1) is 12.1 Å². The molecule has 0 aromatic heterocycles. The summed E-state index contributed by atoms with van der Waals surface area (Å²) >= 11 is 0. The molecule has 120 valence electrons. The summed E-state index contributed by atoms with van der Waals surface area (Å²) in [6.07, 6.45) is 9.47. The van der Waals surface area contributed by atoms with E-state index in [1.165, 1.54) is 38.5 Å². The van der Waals surface area contributed by atoms with Gasteiger partial charge in [0.15, 0.2) is 0 Å². The molecule has 1 aliphatic carbocycles. The molecule has 1 amide bonds. The number of fused-ring (bicyclic) bond motifs is 1. The van der Waals surface area contributed by atoms with Crippen molar-refractivity contribution in [3.05, 3.63) is 0 Å². The number of hydrogen-bond donors (Lipinski definition) is 1. The van der Waals surface area contributed by atoms with Gasteiger partial charge in [-0.05, 0) is 57.9 Å². The number of hydrogen-bond acceptors (Lipinski definition) is 3. The van der Waals surface area contributed by atoms with Crippen LogP contribution in [-0.4, -0.2) is 58.6 Å². The van der Waals surface area contributed by atoms with Crippen LogP contribution in [-0.2, 0) is 4.79 Å². The molecular formula is C17H30N2O2. The third kappa shape index (κ3) is 3.59. The third-order valence-electron chi connectivity index (χ3n) is 5.68. The van der Waals surface area contributed by atoms with E-state index in [1.807, 2.05) is 6.92 Å². The van der Waals surface area contributed by atoms with E-state index in [9.17, 15) is 9.90 Å². The molecule has 2 saturated heterocycles. The molecule has 3 aliphatic rings. The summed E-state index contributed by atoms with van der Waals surface area (Å²) in [6.45, 7) is 4.93. The van der Waals surface area contributed by atoms with Gasteiger partial charge < -0.3 is 10.0 Å². The summed E-state index contributed by atoms with van der Waals surface area (Å²) in [7, 11) is 0. The quantitative estimate of drug-likeness (QED) is 0.847. The smallest absolute Gasteiger partial charge is 0.237 e. The lowest BCUT2D eigenvalue weighted by molar-refractivity contribution is -0.140. The highest BCUT2D eigenvalue weighted by Gasteiger charge is 2.37. The van der Waals surface area contributed by atoms with E-state index < -0.39 is 5.60 Å². The SMILES string of the molecule is CC1(O)CCCN(CC(=O)N2CCCC3CCCCC32)C1. The average molecular weight is 294 g/mol. The zero-order chi connectivity index (χ0) is 14.9. The normalized spacial score (nSPS) is 38.1. The second-order valence-electron chi connectivity index (χ2n) is 7.65. The number of piperidine rings is 2. The number of rotatable bonds is 2. The first-order chi connectivity index (χ1) is 10.1. The fraction of sp³-hybridized carbons (Fsp3) is 0.941. The molecule has 21 heavy (non-hydrogen) atoms. The Bertz CT molecular complexity index is 381. The van der Waals surface area contributed by atoms with Gasteiger partial charge in [-0.1, -0.05) is 12.8 Å². The monoisotopic (exact) mass is 294 g/mol. The van der Waals surface area contributed by atoms with E-state index >= 15 is 0 Å². The lowest BCUT2D eigenvalue weighted by Crippen LogP contribution is -2.54. The van der Waals surface area contributed by atoms with Gasteiger partial charge in [-0.15, -0.1) is 0 Å².